The van der Waals surface area contributed by atoms with Crippen molar-refractivity contribution in [2.75, 3.05) is 0 Å². The molecule has 0 radical (unpaired) electrons. The van der Waals surface area contributed by atoms with Crippen molar-refractivity contribution < 1.29 is 31.2 Å². The van der Waals surface area contributed by atoms with E-state index in [1.165, 1.54) is 0 Å². The SMILES string of the molecule is [2H]c1c([2H])c([2H])c(-c2cccc(-c3c([2H])c([2H])c([2H])c([2H])c3[2H])c2-[n+]2[c-]n(-c3cccc(Oc4ccc5c6cc(-n7c8c([2H])c([2H])c(C(C)(C)C)c([2H])c8c8c([2H])c(C(C)(C)C)c([2H])c([2H])c87)ccc6n(-c6cc(C(C)(C)C)ccn6)c5c4)c3)c3ccccc32)c([2H])c1[2H]. The summed E-state index contributed by atoms with van der Waals surface area (Å²) in [5.74, 6) is 1.46. The summed E-state index contributed by atoms with van der Waals surface area (Å²) >= 11 is 0. The van der Waals surface area contributed by atoms with Crippen LogP contribution in [0.3, 0.4) is 0 Å². The third kappa shape index (κ3) is 8.44. The maximum Gasteiger partial charge on any atom is 0.269 e. The summed E-state index contributed by atoms with van der Waals surface area (Å²) in [4.78, 5) is 4.95. The van der Waals surface area contributed by atoms with Crippen LogP contribution >= 0.6 is 0 Å². The molecule has 0 unspecified atom stereocenters. The van der Waals surface area contributed by atoms with Gasteiger partial charge < -0.3 is 9.30 Å². The van der Waals surface area contributed by atoms with Crippen LogP contribution in [0.25, 0.3) is 99.8 Å². The highest BCUT2D eigenvalue weighted by molar-refractivity contribution is 6.12. The van der Waals surface area contributed by atoms with Gasteiger partial charge in [0.05, 0.1) is 66.4 Å². The Hall–Kier alpha value is -9.00. The van der Waals surface area contributed by atoms with Gasteiger partial charge in [-0.15, -0.1) is 0 Å². The molecule has 13 rings (SSSR count). The normalized spacial score (nSPS) is 15.3. The van der Waals surface area contributed by atoms with E-state index < -0.39 is 71.3 Å². The molecule has 0 amide bonds. The molecular weight excluding hydrogens is 951 g/mol. The molecule has 0 atom stereocenters. The Bertz CT molecular complexity index is 5220. The quantitative estimate of drug-likeness (QED) is 0.112. The zero-order valence-corrected chi connectivity index (χ0v) is 44.7. The van der Waals surface area contributed by atoms with Crippen LogP contribution in [0.1, 0.15) is 101 Å². The second-order valence-corrected chi connectivity index (χ2v) is 22.7. The van der Waals surface area contributed by atoms with Crippen molar-refractivity contribution in [2.24, 2.45) is 0 Å². The Labute approximate surface area is 479 Å². The zero-order chi connectivity index (χ0) is 67.6. The molecule has 382 valence electrons. The van der Waals surface area contributed by atoms with E-state index in [0.29, 0.717) is 56.4 Å². The smallest absolute Gasteiger partial charge is 0.269 e. The Kier molecular flexibility index (Phi) is 7.97. The number of fused-ring (bicyclic) bond motifs is 7. The maximum absolute atomic E-state index is 9.80. The van der Waals surface area contributed by atoms with Gasteiger partial charge in [0.1, 0.15) is 17.3 Å². The van der Waals surface area contributed by atoms with Gasteiger partial charge in [0.25, 0.3) is 6.33 Å². The number of ether oxygens (including phenoxy) is 1. The average Bonchev–Trinajstić information content (AvgIpc) is 1.52. The highest BCUT2D eigenvalue weighted by Crippen LogP contribution is 2.42. The van der Waals surface area contributed by atoms with E-state index in [9.17, 15) is 8.22 Å². The van der Waals surface area contributed by atoms with Gasteiger partial charge in [-0.1, -0.05) is 183 Å². The predicted molar refractivity (Wildman–Crippen MR) is 324 cm³/mol. The molecule has 0 saturated heterocycles. The zero-order valence-electron chi connectivity index (χ0n) is 60.7. The van der Waals surface area contributed by atoms with Crippen LogP contribution in [0.5, 0.6) is 11.5 Å². The monoisotopic (exact) mass is 1030 g/mol. The maximum atomic E-state index is 9.80. The van der Waals surface area contributed by atoms with E-state index >= 15 is 0 Å². The topological polar surface area (TPSA) is 40.8 Å². The van der Waals surface area contributed by atoms with Crippen LogP contribution in [0, 0.1) is 6.33 Å². The number of imidazole rings is 1. The first-order valence-electron chi connectivity index (χ1n) is 33.9. The van der Waals surface area contributed by atoms with Gasteiger partial charge in [-0.3, -0.25) is 13.7 Å². The number of benzene rings is 9. The van der Waals surface area contributed by atoms with Gasteiger partial charge in [-0.2, -0.15) is 0 Å². The average molecular weight is 1030 g/mol. The summed E-state index contributed by atoms with van der Waals surface area (Å²) in [6.07, 6.45) is 5.22. The van der Waals surface area contributed by atoms with Gasteiger partial charge in [0.15, 0.2) is 0 Å². The van der Waals surface area contributed by atoms with E-state index in [4.69, 9.17) is 23.4 Å². The van der Waals surface area contributed by atoms with E-state index in [0.717, 1.165) is 21.9 Å². The van der Waals surface area contributed by atoms with Gasteiger partial charge in [0, 0.05) is 39.5 Å². The van der Waals surface area contributed by atoms with Crippen molar-refractivity contribution >= 4 is 54.6 Å². The lowest BCUT2D eigenvalue weighted by Crippen LogP contribution is -2.31. The lowest BCUT2D eigenvalue weighted by Gasteiger charge is -2.20. The summed E-state index contributed by atoms with van der Waals surface area (Å²) in [5, 5.41) is 2.08. The summed E-state index contributed by atoms with van der Waals surface area (Å²) < 4.78 is 160. The minimum Gasteiger partial charge on any atom is -0.458 e. The number of aromatic nitrogens is 5. The van der Waals surface area contributed by atoms with Crippen LogP contribution in [-0.2, 0) is 16.2 Å². The standard InChI is InChI=1S/C72H63N5O/c1-70(2,3)49-30-35-62-59(40-49)60-41-50(71(4,5)6)31-36-63(60)76(62)53-32-37-64-61(44-53)58-34-33-55(45-67(58)77(64)68-42-51(38-39-73-68)72(7,8)9)78-54-25-18-24-52(43-54)74-46-75(66-29-17-16-28-65(66)74)69-56(47-20-12-10-13-21-47)26-19-27-57(69)48-22-14-11-15-23-48/h10-45H,1-9H3/i10D,11D,12D,13D,14D,15D,20D,21D,22D,23D,30D,31D,35D,36D,40D,41D. The van der Waals surface area contributed by atoms with Crippen molar-refractivity contribution in [1.29, 1.82) is 0 Å². The van der Waals surface area contributed by atoms with Crippen LogP contribution in [0.2, 0.25) is 0 Å². The second kappa shape index (κ2) is 18.3. The first kappa shape index (κ1) is 33.9. The van der Waals surface area contributed by atoms with Crippen LogP contribution in [0.15, 0.2) is 218 Å². The molecule has 0 aliphatic carbocycles. The molecule has 6 nitrogen and oxygen atoms in total. The highest BCUT2D eigenvalue weighted by atomic mass is 16.5. The van der Waals surface area contributed by atoms with Gasteiger partial charge in [0.2, 0.25) is 0 Å². The number of rotatable bonds is 8. The molecule has 4 aromatic heterocycles. The molecule has 13 aromatic rings. The Morgan fingerprint density at radius 3 is 1.72 bits per heavy atom. The first-order chi connectivity index (χ1) is 44.2. The van der Waals surface area contributed by atoms with Crippen LogP contribution in [0.4, 0.5) is 0 Å². The van der Waals surface area contributed by atoms with Gasteiger partial charge in [-0.05, 0) is 140 Å². The fraction of sp³-hybridized carbons (Fsp3) is 0.167. The summed E-state index contributed by atoms with van der Waals surface area (Å²) in [6, 6.07) is 28.6. The molecular formula is C72H63N5O. The van der Waals surface area contributed by atoms with Crippen molar-refractivity contribution in [1.82, 2.24) is 18.7 Å². The van der Waals surface area contributed by atoms with E-state index in [2.05, 4.69) is 27.1 Å². The number of nitrogens with zero attached hydrogens (tertiary/aromatic N) is 5. The Balaban J connectivity index is 0.998. The van der Waals surface area contributed by atoms with E-state index in [-0.39, 0.29) is 91.4 Å². The van der Waals surface area contributed by atoms with Crippen molar-refractivity contribution in [3.8, 4) is 56.6 Å². The van der Waals surface area contributed by atoms with Crippen LogP contribution < -0.4 is 9.30 Å². The Morgan fingerprint density at radius 1 is 0.462 bits per heavy atom. The highest BCUT2D eigenvalue weighted by Gasteiger charge is 2.25. The molecule has 4 heterocycles. The molecule has 0 saturated carbocycles. The molecule has 0 spiro atoms. The predicted octanol–water partition coefficient (Wildman–Crippen LogP) is 18.3. The van der Waals surface area contributed by atoms with E-state index in [1.54, 1.807) is 56.3 Å². The number of hydrogen-bond donors (Lipinski definition) is 0. The molecule has 6 heteroatoms. The number of hydrogen-bond acceptors (Lipinski definition) is 2. The van der Waals surface area contributed by atoms with Crippen molar-refractivity contribution in [3.05, 3.63) is 241 Å². The molecule has 0 aliphatic heterocycles. The first-order valence-corrected chi connectivity index (χ1v) is 25.9. The molecule has 0 bridgehead atoms. The number of pyridine rings is 1. The summed E-state index contributed by atoms with van der Waals surface area (Å²) in [5.41, 5.74) is 4.01. The lowest BCUT2D eigenvalue weighted by molar-refractivity contribution is -0.571. The summed E-state index contributed by atoms with van der Waals surface area (Å²) in [6.45, 7) is 17.7. The molecule has 0 aliphatic rings. The van der Waals surface area contributed by atoms with Crippen LogP contribution in [-0.4, -0.2) is 18.7 Å². The third-order valence-corrected chi connectivity index (χ3v) is 14.3. The fourth-order valence-corrected chi connectivity index (χ4v) is 10.3. The number of para-hydroxylation sites is 3. The molecule has 0 N–H and O–H groups in total. The van der Waals surface area contributed by atoms with Crippen molar-refractivity contribution in [3.63, 3.8) is 0 Å². The van der Waals surface area contributed by atoms with Crippen molar-refractivity contribution in [2.45, 2.75) is 78.6 Å². The third-order valence-electron chi connectivity index (χ3n) is 14.3. The Morgan fingerprint density at radius 2 is 1.08 bits per heavy atom. The fourth-order valence-electron chi connectivity index (χ4n) is 10.3. The van der Waals surface area contributed by atoms with E-state index in [1.807, 2.05) is 125 Å². The van der Waals surface area contributed by atoms with Gasteiger partial charge in [-0.25, -0.2) is 4.98 Å². The molecule has 78 heavy (non-hydrogen) atoms. The minimum absolute atomic E-state index is 0.00187. The second-order valence-electron chi connectivity index (χ2n) is 22.7. The summed E-state index contributed by atoms with van der Waals surface area (Å²) in [7, 11) is 0. The van der Waals surface area contributed by atoms with Gasteiger partial charge >= 0.3 is 0 Å². The largest absolute Gasteiger partial charge is 0.458 e. The minimum atomic E-state index is -0.723. The lowest BCUT2D eigenvalue weighted by atomic mass is 9.85. The molecule has 9 aromatic carbocycles. The molecule has 0 fully saturated rings.